The average molecular weight is 549 g/mol. The third-order valence-electron chi connectivity index (χ3n) is 4.25. The van der Waals surface area contributed by atoms with Crippen molar-refractivity contribution in [3.8, 4) is 17.2 Å². The Kier molecular flexibility index (Phi) is 8.65. The van der Waals surface area contributed by atoms with Gasteiger partial charge in [0.05, 0.1) is 26.0 Å². The van der Waals surface area contributed by atoms with Gasteiger partial charge in [-0.2, -0.15) is 5.10 Å². The van der Waals surface area contributed by atoms with Crippen molar-refractivity contribution in [1.29, 1.82) is 0 Å². The maximum atomic E-state index is 12.7. The van der Waals surface area contributed by atoms with Gasteiger partial charge in [-0.25, -0.2) is 4.79 Å². The smallest absolute Gasteiger partial charge is 0.343 e. The summed E-state index contributed by atoms with van der Waals surface area (Å²) in [6, 6.07) is 17.1. The minimum absolute atomic E-state index is 0.271. The molecular formula is C23H19BrClN3O4S. The van der Waals surface area contributed by atoms with Gasteiger partial charge in [-0.3, -0.25) is 5.43 Å². The first-order chi connectivity index (χ1) is 15.9. The zero-order valence-electron chi connectivity index (χ0n) is 17.6. The van der Waals surface area contributed by atoms with Crippen LogP contribution >= 0.6 is 39.7 Å². The molecule has 170 valence electrons. The number of nitrogens with zero attached hydrogens (tertiary/aromatic N) is 1. The Balaban J connectivity index is 1.71. The molecule has 0 saturated carbocycles. The number of nitrogens with one attached hydrogen (secondary N) is 2. The summed E-state index contributed by atoms with van der Waals surface area (Å²) in [5.41, 5.74) is 4.30. The van der Waals surface area contributed by atoms with Gasteiger partial charge in [0.2, 0.25) is 0 Å². The van der Waals surface area contributed by atoms with E-state index in [9.17, 15) is 4.79 Å². The first-order valence-corrected chi connectivity index (χ1v) is 11.1. The lowest BCUT2D eigenvalue weighted by atomic mass is 10.2. The molecule has 3 aromatic carbocycles. The van der Waals surface area contributed by atoms with Crippen LogP contribution in [-0.4, -0.2) is 31.5 Å². The minimum atomic E-state index is -0.556. The zero-order valence-corrected chi connectivity index (χ0v) is 20.8. The molecule has 0 fully saturated rings. The fraction of sp³-hybridized carbons (Fsp3) is 0.0870. The molecule has 0 aromatic heterocycles. The molecule has 3 rings (SSSR count). The SMILES string of the molecule is COc1ccc(C(=O)Oc2ccc(Br)cc2/C=N/NC(=S)Nc2cccc(Cl)c2)cc1OC. The Morgan fingerprint density at radius 3 is 2.52 bits per heavy atom. The third kappa shape index (κ3) is 6.92. The molecule has 33 heavy (non-hydrogen) atoms. The second-order valence-corrected chi connectivity index (χ2v) is 8.24. The van der Waals surface area contributed by atoms with Gasteiger partial charge in [-0.05, 0) is 66.8 Å². The highest BCUT2D eigenvalue weighted by molar-refractivity contribution is 9.10. The van der Waals surface area contributed by atoms with Crippen molar-refractivity contribution >= 4 is 62.7 Å². The van der Waals surface area contributed by atoms with E-state index in [-0.39, 0.29) is 5.11 Å². The van der Waals surface area contributed by atoms with E-state index in [1.807, 2.05) is 6.07 Å². The fourth-order valence-corrected chi connectivity index (χ4v) is 3.46. The number of carbonyl (C=O) groups excluding carboxylic acids is 1. The number of esters is 1. The summed E-state index contributed by atoms with van der Waals surface area (Å²) >= 11 is 14.6. The number of benzene rings is 3. The second-order valence-electron chi connectivity index (χ2n) is 6.48. The number of rotatable bonds is 7. The van der Waals surface area contributed by atoms with Crippen LogP contribution in [-0.2, 0) is 0 Å². The highest BCUT2D eigenvalue weighted by atomic mass is 79.9. The highest BCUT2D eigenvalue weighted by Gasteiger charge is 2.15. The highest BCUT2D eigenvalue weighted by Crippen LogP contribution is 2.29. The fourth-order valence-electron chi connectivity index (χ4n) is 2.72. The number of methoxy groups -OCH3 is 2. The number of thiocarbonyl (C=S) groups is 1. The Labute approximate surface area is 209 Å². The molecule has 10 heteroatoms. The Morgan fingerprint density at radius 1 is 1.03 bits per heavy atom. The molecule has 0 saturated heterocycles. The molecule has 0 heterocycles. The maximum absolute atomic E-state index is 12.7. The van der Waals surface area contributed by atoms with Crippen molar-refractivity contribution in [2.75, 3.05) is 19.5 Å². The van der Waals surface area contributed by atoms with Crippen LogP contribution in [0.25, 0.3) is 0 Å². The predicted octanol–water partition coefficient (Wildman–Crippen LogP) is 5.66. The molecule has 7 nitrogen and oxygen atoms in total. The van der Waals surface area contributed by atoms with Gasteiger partial charge < -0.3 is 19.5 Å². The molecule has 0 aliphatic carbocycles. The van der Waals surface area contributed by atoms with E-state index in [2.05, 4.69) is 31.8 Å². The third-order valence-corrected chi connectivity index (χ3v) is 5.17. The summed E-state index contributed by atoms with van der Waals surface area (Å²) in [5, 5.41) is 7.96. The van der Waals surface area contributed by atoms with E-state index in [4.69, 9.17) is 38.0 Å². The number of halogens is 2. The predicted molar refractivity (Wildman–Crippen MR) is 137 cm³/mol. The first kappa shape index (κ1) is 24.5. The van der Waals surface area contributed by atoms with E-state index in [0.29, 0.717) is 33.4 Å². The van der Waals surface area contributed by atoms with Crippen molar-refractivity contribution in [3.63, 3.8) is 0 Å². The van der Waals surface area contributed by atoms with Gasteiger partial charge in [-0.1, -0.05) is 33.6 Å². The summed E-state index contributed by atoms with van der Waals surface area (Å²) in [6.07, 6.45) is 1.49. The molecule has 0 unspecified atom stereocenters. The van der Waals surface area contributed by atoms with Crippen molar-refractivity contribution in [2.45, 2.75) is 0 Å². The molecule has 3 aromatic rings. The number of ether oxygens (including phenoxy) is 3. The molecule has 0 radical (unpaired) electrons. The van der Waals surface area contributed by atoms with Gasteiger partial charge in [0.25, 0.3) is 0 Å². The van der Waals surface area contributed by atoms with Gasteiger partial charge in [0, 0.05) is 20.7 Å². The van der Waals surface area contributed by atoms with Crippen molar-refractivity contribution in [2.24, 2.45) is 5.10 Å². The average Bonchev–Trinajstić information content (AvgIpc) is 2.80. The Bertz CT molecular complexity index is 1210. The summed E-state index contributed by atoms with van der Waals surface area (Å²) in [6.45, 7) is 0. The van der Waals surface area contributed by atoms with E-state index >= 15 is 0 Å². The van der Waals surface area contributed by atoms with Crippen LogP contribution in [0.5, 0.6) is 17.2 Å². The summed E-state index contributed by atoms with van der Waals surface area (Å²) in [4.78, 5) is 12.7. The van der Waals surface area contributed by atoms with Crippen LogP contribution in [0, 0.1) is 0 Å². The van der Waals surface area contributed by atoms with Crippen LogP contribution in [0.3, 0.4) is 0 Å². The Hall–Kier alpha value is -3.14. The monoisotopic (exact) mass is 547 g/mol. The lowest BCUT2D eigenvalue weighted by Gasteiger charge is -2.11. The summed E-state index contributed by atoms with van der Waals surface area (Å²) < 4.78 is 16.8. The molecule has 0 bridgehead atoms. The quantitative estimate of drug-likeness (QED) is 0.130. The number of carbonyl (C=O) groups is 1. The molecule has 0 amide bonds. The minimum Gasteiger partial charge on any atom is -0.493 e. The second kappa shape index (κ2) is 11.6. The van der Waals surface area contributed by atoms with Crippen molar-refractivity contribution in [1.82, 2.24) is 5.43 Å². The van der Waals surface area contributed by atoms with Crippen molar-refractivity contribution in [3.05, 3.63) is 81.3 Å². The van der Waals surface area contributed by atoms with E-state index in [0.717, 1.165) is 10.2 Å². The largest absolute Gasteiger partial charge is 0.493 e. The standard InChI is InChI=1S/C23H19BrClN3O4S/c1-30-20-8-6-14(11-21(20)31-2)22(29)32-19-9-7-16(24)10-15(19)13-26-28-23(33)27-18-5-3-4-17(25)12-18/h3-13H,1-2H3,(H2,27,28,33)/b26-13+. The van der Waals surface area contributed by atoms with Gasteiger partial charge in [0.15, 0.2) is 16.6 Å². The van der Waals surface area contributed by atoms with Gasteiger partial charge in [0.1, 0.15) is 5.75 Å². The normalized spacial score (nSPS) is 10.5. The van der Waals surface area contributed by atoms with Crippen LogP contribution in [0.2, 0.25) is 5.02 Å². The topological polar surface area (TPSA) is 81.2 Å². The lowest BCUT2D eigenvalue weighted by Crippen LogP contribution is -2.23. The lowest BCUT2D eigenvalue weighted by molar-refractivity contribution is 0.0734. The van der Waals surface area contributed by atoms with E-state index in [1.165, 1.54) is 20.4 Å². The van der Waals surface area contributed by atoms with Crippen LogP contribution in [0.1, 0.15) is 15.9 Å². The molecule has 0 spiro atoms. The van der Waals surface area contributed by atoms with Crippen LogP contribution in [0.15, 0.2) is 70.2 Å². The Morgan fingerprint density at radius 2 is 1.79 bits per heavy atom. The summed E-state index contributed by atoms with van der Waals surface area (Å²) in [7, 11) is 3.02. The maximum Gasteiger partial charge on any atom is 0.343 e. The number of hydrogen-bond donors (Lipinski definition) is 2. The molecule has 0 atom stereocenters. The number of hydrazone groups is 1. The molecule has 2 N–H and O–H groups in total. The number of anilines is 1. The van der Waals surface area contributed by atoms with E-state index < -0.39 is 5.97 Å². The molecule has 0 aliphatic rings. The summed E-state index contributed by atoms with van der Waals surface area (Å²) in [5.74, 6) is 0.699. The van der Waals surface area contributed by atoms with E-state index in [1.54, 1.807) is 54.6 Å². The zero-order chi connectivity index (χ0) is 23.8. The van der Waals surface area contributed by atoms with Crippen LogP contribution in [0.4, 0.5) is 5.69 Å². The molecule has 0 aliphatic heterocycles. The number of hydrogen-bond acceptors (Lipinski definition) is 6. The first-order valence-electron chi connectivity index (χ1n) is 9.49. The van der Waals surface area contributed by atoms with Gasteiger partial charge in [-0.15, -0.1) is 0 Å². The van der Waals surface area contributed by atoms with Gasteiger partial charge >= 0.3 is 5.97 Å². The van der Waals surface area contributed by atoms with Crippen LogP contribution < -0.4 is 25.0 Å². The molecular weight excluding hydrogens is 530 g/mol. The van der Waals surface area contributed by atoms with Crippen molar-refractivity contribution < 1.29 is 19.0 Å².